The van der Waals surface area contributed by atoms with E-state index < -0.39 is 61.9 Å². The molecular formula is C39H52O6. The van der Waals surface area contributed by atoms with Gasteiger partial charge < -0.3 is 14.9 Å². The Labute approximate surface area is 269 Å². The lowest BCUT2D eigenvalue weighted by Gasteiger charge is -2.65. The zero-order valence-corrected chi connectivity index (χ0v) is 28.6. The van der Waals surface area contributed by atoms with E-state index in [2.05, 4.69) is 26.0 Å². The largest absolute Gasteiger partial charge is 0.386 e. The molecule has 1 unspecified atom stereocenters. The quantitative estimate of drug-likeness (QED) is 0.164. The number of aliphatic hydroxyl groups is 2. The van der Waals surface area contributed by atoms with Crippen LogP contribution in [0, 0.1) is 39.4 Å². The van der Waals surface area contributed by atoms with Crippen molar-refractivity contribution >= 4 is 17.3 Å². The maximum absolute atomic E-state index is 15.6. The molecule has 6 atom stereocenters. The second-order valence-corrected chi connectivity index (χ2v) is 16.3. The Balaban J connectivity index is 1.81. The molecule has 45 heavy (non-hydrogen) atoms. The number of carbonyl (C=O) groups is 3. The van der Waals surface area contributed by atoms with Crippen molar-refractivity contribution in [3.05, 3.63) is 71.8 Å². The summed E-state index contributed by atoms with van der Waals surface area (Å²) in [4.78, 5) is 46.1. The molecule has 1 aromatic rings. The molecule has 1 saturated heterocycles. The van der Waals surface area contributed by atoms with Crippen molar-refractivity contribution in [2.75, 3.05) is 0 Å². The molecule has 1 aliphatic heterocycles. The number of hydrogen-bond donors (Lipinski definition) is 2. The first kappa shape index (κ1) is 33.7. The molecule has 244 valence electrons. The van der Waals surface area contributed by atoms with Gasteiger partial charge in [-0.25, -0.2) is 0 Å². The topological polar surface area (TPSA) is 101 Å². The van der Waals surface area contributed by atoms with Gasteiger partial charge in [0.15, 0.2) is 28.6 Å². The van der Waals surface area contributed by atoms with Crippen molar-refractivity contribution in [1.29, 1.82) is 0 Å². The first-order chi connectivity index (χ1) is 20.7. The Morgan fingerprint density at radius 3 is 2.33 bits per heavy atom. The molecule has 4 aliphatic carbocycles. The van der Waals surface area contributed by atoms with Gasteiger partial charge in [0.25, 0.3) is 0 Å². The predicted octanol–water partition coefficient (Wildman–Crippen LogP) is 7.20. The lowest BCUT2D eigenvalue weighted by molar-refractivity contribution is -0.318. The van der Waals surface area contributed by atoms with Crippen LogP contribution in [-0.2, 0) is 14.3 Å². The van der Waals surface area contributed by atoms with Gasteiger partial charge in [-0.15, -0.1) is 0 Å². The van der Waals surface area contributed by atoms with Crippen LogP contribution in [0.2, 0.25) is 0 Å². The fraction of sp³-hybridized carbons (Fsp3) is 0.615. The number of hydrogen-bond acceptors (Lipinski definition) is 6. The van der Waals surface area contributed by atoms with Crippen LogP contribution in [0.5, 0.6) is 0 Å². The normalized spacial score (nSPS) is 36.9. The first-order valence-corrected chi connectivity index (χ1v) is 16.6. The third-order valence-electron chi connectivity index (χ3n) is 11.8. The van der Waals surface area contributed by atoms with Crippen LogP contribution in [0.1, 0.15) is 105 Å². The zero-order valence-electron chi connectivity index (χ0n) is 28.6. The summed E-state index contributed by atoms with van der Waals surface area (Å²) in [6.45, 7) is 17.0. The van der Waals surface area contributed by atoms with Gasteiger partial charge in [-0.2, -0.15) is 0 Å². The van der Waals surface area contributed by atoms with Crippen molar-refractivity contribution in [3.63, 3.8) is 0 Å². The number of allylic oxidation sites excluding steroid dienone is 4. The smallest absolute Gasteiger partial charge is 0.195 e. The lowest BCUT2D eigenvalue weighted by atomic mass is 9.35. The van der Waals surface area contributed by atoms with Crippen molar-refractivity contribution < 1.29 is 29.3 Å². The number of benzene rings is 1. The molecule has 5 fully saturated rings. The second-order valence-electron chi connectivity index (χ2n) is 16.3. The minimum atomic E-state index is -2.22. The highest BCUT2D eigenvalue weighted by Crippen LogP contribution is 2.80. The average molecular weight is 617 g/mol. The summed E-state index contributed by atoms with van der Waals surface area (Å²) in [7, 11) is 0. The maximum Gasteiger partial charge on any atom is 0.195 e. The van der Waals surface area contributed by atoms with Crippen molar-refractivity contribution in [2.45, 2.75) is 111 Å². The predicted molar refractivity (Wildman–Crippen MR) is 175 cm³/mol. The van der Waals surface area contributed by atoms with Gasteiger partial charge in [0.05, 0.1) is 16.6 Å². The summed E-state index contributed by atoms with van der Waals surface area (Å²) in [6, 6.07) is 8.62. The second kappa shape index (κ2) is 10.7. The monoisotopic (exact) mass is 616 g/mol. The van der Waals surface area contributed by atoms with E-state index in [0.29, 0.717) is 24.3 Å². The highest BCUT2D eigenvalue weighted by molar-refractivity contribution is 6.34. The molecule has 0 radical (unpaired) electrons. The maximum atomic E-state index is 15.6. The van der Waals surface area contributed by atoms with Gasteiger partial charge in [-0.3, -0.25) is 14.4 Å². The molecule has 0 spiro atoms. The van der Waals surface area contributed by atoms with E-state index >= 15 is 9.59 Å². The van der Waals surface area contributed by atoms with Crippen LogP contribution in [-0.4, -0.2) is 44.6 Å². The molecule has 0 aromatic heterocycles. The summed E-state index contributed by atoms with van der Waals surface area (Å²) < 4.78 is 6.67. The van der Waals surface area contributed by atoms with Gasteiger partial charge in [0.2, 0.25) is 0 Å². The number of rotatable bonds is 10. The summed E-state index contributed by atoms with van der Waals surface area (Å²) in [5.74, 6) is -4.17. The standard InChI is InChI=1S/C39H52O6/c1-25(2)15-13-14-16-26(3)19-20-36-24-28-23-29-35(8,9)45-39(36,44)37(29,22-21-33(4,5)43)32(42)38(31(36)41,34(28,6)7)30(40)27-17-11-10-12-18-27/h10-13,15,17-19,21-22,25,28-29,43-44H,14,16,20,23-24H2,1-9H3/b15-13+,22-21+,26-19+/t28-,29-,36-,37?,38+,39-/m1/s1. The Morgan fingerprint density at radius 1 is 1.09 bits per heavy atom. The van der Waals surface area contributed by atoms with Gasteiger partial charge in [-0.1, -0.05) is 94.0 Å². The van der Waals surface area contributed by atoms with Crippen LogP contribution < -0.4 is 0 Å². The molecule has 0 amide bonds. The van der Waals surface area contributed by atoms with E-state index in [1.54, 1.807) is 50.3 Å². The number of Topliss-reactive ketones (excluding diaryl/α,β-unsaturated/α-hetero) is 3. The van der Waals surface area contributed by atoms with Crippen LogP contribution >= 0.6 is 0 Å². The SMILES string of the molecule is C/C(=C\C[C@]12C[C@H]3C[C@@H]4C(C)(C)O[C@@]1(O)C4(/C=C/C(C)(C)O)C(=O)[C@](C(=O)c1ccccc1)(C2=O)C3(C)C)CC/C=C/C(C)C. The molecule has 5 aliphatic rings. The minimum absolute atomic E-state index is 0.145. The Bertz CT molecular complexity index is 1470. The van der Waals surface area contributed by atoms with Gasteiger partial charge in [0, 0.05) is 11.5 Å². The fourth-order valence-corrected chi connectivity index (χ4v) is 9.37. The van der Waals surface area contributed by atoms with Crippen molar-refractivity contribution in [1.82, 2.24) is 0 Å². The van der Waals surface area contributed by atoms with Crippen molar-refractivity contribution in [2.24, 2.45) is 39.4 Å². The Hall–Kier alpha value is -2.67. The molecule has 6 nitrogen and oxygen atoms in total. The molecule has 4 saturated carbocycles. The number of ether oxygens (including phenoxy) is 1. The molecule has 1 aromatic carbocycles. The molecule has 1 heterocycles. The zero-order chi connectivity index (χ0) is 33.4. The third kappa shape index (κ3) is 4.49. The molecule has 6 bridgehead atoms. The van der Waals surface area contributed by atoms with E-state index in [1.165, 1.54) is 6.08 Å². The Morgan fingerprint density at radius 2 is 1.73 bits per heavy atom. The number of carbonyl (C=O) groups excluding carboxylic acids is 3. The van der Waals surface area contributed by atoms with E-state index in [0.717, 1.165) is 18.4 Å². The van der Waals surface area contributed by atoms with E-state index in [1.807, 2.05) is 40.7 Å². The van der Waals surface area contributed by atoms with Crippen LogP contribution in [0.15, 0.2) is 66.3 Å². The lowest BCUT2D eigenvalue weighted by Crippen LogP contribution is -2.80. The van der Waals surface area contributed by atoms with Crippen LogP contribution in [0.25, 0.3) is 0 Å². The highest BCUT2D eigenvalue weighted by Gasteiger charge is 2.91. The minimum Gasteiger partial charge on any atom is -0.386 e. The summed E-state index contributed by atoms with van der Waals surface area (Å²) in [6.07, 6.45) is 12.1. The first-order valence-electron chi connectivity index (χ1n) is 16.6. The van der Waals surface area contributed by atoms with Gasteiger partial charge >= 0.3 is 0 Å². The molecule has 6 heteroatoms. The van der Waals surface area contributed by atoms with Gasteiger partial charge in [-0.05, 0) is 84.0 Å². The fourth-order valence-electron chi connectivity index (χ4n) is 9.37. The third-order valence-corrected chi connectivity index (χ3v) is 11.8. The summed E-state index contributed by atoms with van der Waals surface area (Å²) in [5.41, 5.74) is -7.33. The summed E-state index contributed by atoms with van der Waals surface area (Å²) >= 11 is 0. The van der Waals surface area contributed by atoms with E-state index in [-0.39, 0.29) is 12.3 Å². The van der Waals surface area contributed by atoms with E-state index in [4.69, 9.17) is 4.74 Å². The van der Waals surface area contributed by atoms with Gasteiger partial charge in [0.1, 0.15) is 5.41 Å². The highest BCUT2D eigenvalue weighted by atomic mass is 16.7. The molecular weight excluding hydrogens is 564 g/mol. The molecule has 2 N–H and O–H groups in total. The molecule has 6 rings (SSSR count). The van der Waals surface area contributed by atoms with Crippen molar-refractivity contribution in [3.8, 4) is 0 Å². The summed E-state index contributed by atoms with van der Waals surface area (Å²) in [5, 5.41) is 24.1. The van der Waals surface area contributed by atoms with Crippen LogP contribution in [0.3, 0.4) is 0 Å². The van der Waals surface area contributed by atoms with Crippen LogP contribution in [0.4, 0.5) is 0 Å². The van der Waals surface area contributed by atoms with E-state index in [9.17, 15) is 15.0 Å². The Kier molecular flexibility index (Phi) is 8.00. The number of ketones is 3. The average Bonchev–Trinajstić information content (AvgIpc) is 3.03.